The van der Waals surface area contributed by atoms with Crippen LogP contribution in [0.2, 0.25) is 0 Å². The Bertz CT molecular complexity index is 647. The summed E-state index contributed by atoms with van der Waals surface area (Å²) in [7, 11) is 1.52. The third kappa shape index (κ3) is 3.58. The number of Topliss-reactive ketones (excluding diaryl/α,β-unsaturated/α-hetero) is 1. The number of phenolic OH excluding ortho intramolecular Hbond substituents is 1. The minimum Gasteiger partial charge on any atom is -0.504 e. The summed E-state index contributed by atoms with van der Waals surface area (Å²) in [4.78, 5) is 11.3. The fraction of sp³-hybridized carbons (Fsp3) is 0.278. The molecule has 2 aromatic carbocycles. The van der Waals surface area contributed by atoms with Crippen LogP contribution in [0.15, 0.2) is 42.5 Å². The van der Waals surface area contributed by atoms with Crippen LogP contribution in [-0.4, -0.2) is 18.0 Å². The number of ether oxygens (including phenoxy) is 2. The number of hydrogen-bond donors (Lipinski definition) is 1. The normalized spacial score (nSPS) is 11.8. The Morgan fingerprint density at radius 3 is 2.41 bits per heavy atom. The molecule has 2 rings (SSSR count). The van der Waals surface area contributed by atoms with Crippen molar-refractivity contribution in [2.24, 2.45) is 0 Å². The third-order valence-corrected chi connectivity index (χ3v) is 3.49. The minimum atomic E-state index is -0.155. The molecule has 0 aromatic heterocycles. The van der Waals surface area contributed by atoms with E-state index in [-0.39, 0.29) is 17.6 Å². The molecule has 1 unspecified atom stereocenters. The molecule has 0 aliphatic rings. The predicted octanol–water partition coefficient (Wildman–Crippen LogP) is 4.13. The van der Waals surface area contributed by atoms with Crippen molar-refractivity contribution in [3.63, 3.8) is 0 Å². The molecule has 0 spiro atoms. The molecular formula is C18H20O4. The second-order valence-corrected chi connectivity index (χ2v) is 5.03. The van der Waals surface area contributed by atoms with E-state index in [9.17, 15) is 9.90 Å². The molecule has 116 valence electrons. The van der Waals surface area contributed by atoms with E-state index in [1.807, 2.05) is 13.0 Å². The number of methoxy groups -OCH3 is 1. The van der Waals surface area contributed by atoms with E-state index in [2.05, 4.69) is 0 Å². The summed E-state index contributed by atoms with van der Waals surface area (Å²) in [6, 6.07) is 12.3. The second-order valence-electron chi connectivity index (χ2n) is 5.03. The molecule has 0 saturated carbocycles. The number of carbonyl (C=O) groups is 1. The number of aromatic hydroxyl groups is 1. The van der Waals surface area contributed by atoms with Gasteiger partial charge in [-0.1, -0.05) is 13.0 Å². The van der Waals surface area contributed by atoms with E-state index in [1.54, 1.807) is 36.4 Å². The molecule has 0 amide bonds. The van der Waals surface area contributed by atoms with Crippen molar-refractivity contribution in [1.82, 2.24) is 0 Å². The molecule has 0 radical (unpaired) electrons. The first-order valence-electron chi connectivity index (χ1n) is 7.19. The van der Waals surface area contributed by atoms with Crippen molar-refractivity contribution in [2.45, 2.75) is 26.4 Å². The molecule has 2 aromatic rings. The zero-order chi connectivity index (χ0) is 16.1. The summed E-state index contributed by atoms with van der Waals surface area (Å²) in [6.07, 6.45) is 0.611. The van der Waals surface area contributed by atoms with Crippen LogP contribution in [0.4, 0.5) is 0 Å². The first-order valence-corrected chi connectivity index (χ1v) is 7.19. The van der Waals surface area contributed by atoms with Crippen molar-refractivity contribution in [3.05, 3.63) is 53.6 Å². The van der Waals surface area contributed by atoms with Gasteiger partial charge >= 0.3 is 0 Å². The lowest BCUT2D eigenvalue weighted by atomic mass is 10.1. The zero-order valence-electron chi connectivity index (χ0n) is 13.0. The maximum absolute atomic E-state index is 11.3. The summed E-state index contributed by atoms with van der Waals surface area (Å²) in [5.74, 6) is 1.25. The van der Waals surface area contributed by atoms with Crippen molar-refractivity contribution in [1.29, 1.82) is 0 Å². The van der Waals surface area contributed by atoms with Crippen molar-refractivity contribution in [2.75, 3.05) is 7.11 Å². The number of carbonyl (C=O) groups excluding carboxylic acids is 1. The monoisotopic (exact) mass is 300 g/mol. The lowest BCUT2D eigenvalue weighted by molar-refractivity contribution is 0.101. The molecule has 0 saturated heterocycles. The van der Waals surface area contributed by atoms with E-state index >= 15 is 0 Å². The van der Waals surface area contributed by atoms with Gasteiger partial charge in [-0.05, 0) is 55.3 Å². The lowest BCUT2D eigenvalue weighted by Gasteiger charge is -2.19. The van der Waals surface area contributed by atoms with Gasteiger partial charge < -0.3 is 14.6 Å². The molecule has 0 bridgehead atoms. The van der Waals surface area contributed by atoms with Gasteiger partial charge in [0.05, 0.1) is 7.11 Å². The van der Waals surface area contributed by atoms with Gasteiger partial charge in [0, 0.05) is 5.56 Å². The first kappa shape index (κ1) is 15.9. The van der Waals surface area contributed by atoms with Crippen LogP contribution in [0.3, 0.4) is 0 Å². The highest BCUT2D eigenvalue weighted by molar-refractivity contribution is 5.94. The van der Waals surface area contributed by atoms with Crippen molar-refractivity contribution < 1.29 is 19.4 Å². The van der Waals surface area contributed by atoms with E-state index in [0.717, 1.165) is 12.0 Å². The van der Waals surface area contributed by atoms with E-state index in [1.165, 1.54) is 14.0 Å². The fourth-order valence-electron chi connectivity index (χ4n) is 2.21. The van der Waals surface area contributed by atoms with Gasteiger partial charge in [0.1, 0.15) is 11.9 Å². The number of hydrogen-bond acceptors (Lipinski definition) is 4. The highest BCUT2D eigenvalue weighted by Gasteiger charge is 2.14. The van der Waals surface area contributed by atoms with Gasteiger partial charge in [-0.3, -0.25) is 4.79 Å². The van der Waals surface area contributed by atoms with Crippen molar-refractivity contribution >= 4 is 5.78 Å². The van der Waals surface area contributed by atoms with E-state index in [0.29, 0.717) is 17.1 Å². The first-order chi connectivity index (χ1) is 10.5. The average Bonchev–Trinajstić information content (AvgIpc) is 2.53. The van der Waals surface area contributed by atoms with Crippen LogP contribution in [0.25, 0.3) is 0 Å². The Kier molecular flexibility index (Phi) is 5.04. The molecule has 0 fully saturated rings. The second kappa shape index (κ2) is 6.98. The maximum Gasteiger partial charge on any atom is 0.160 e. The number of ketones is 1. The molecule has 4 nitrogen and oxygen atoms in total. The highest BCUT2D eigenvalue weighted by Crippen LogP contribution is 2.32. The largest absolute Gasteiger partial charge is 0.504 e. The minimum absolute atomic E-state index is 0.0295. The van der Waals surface area contributed by atoms with Crippen LogP contribution in [0.5, 0.6) is 17.2 Å². The Labute approximate surface area is 130 Å². The van der Waals surface area contributed by atoms with Crippen LogP contribution >= 0.6 is 0 Å². The predicted molar refractivity (Wildman–Crippen MR) is 84.8 cm³/mol. The molecule has 0 aliphatic carbocycles. The fourth-order valence-corrected chi connectivity index (χ4v) is 2.21. The van der Waals surface area contributed by atoms with Crippen LogP contribution in [-0.2, 0) is 0 Å². The summed E-state index contributed by atoms with van der Waals surface area (Å²) < 4.78 is 11.1. The van der Waals surface area contributed by atoms with Gasteiger partial charge in [-0.2, -0.15) is 0 Å². The van der Waals surface area contributed by atoms with Gasteiger partial charge in [0.2, 0.25) is 0 Å². The van der Waals surface area contributed by atoms with Gasteiger partial charge in [0.15, 0.2) is 17.3 Å². The summed E-state index contributed by atoms with van der Waals surface area (Å²) in [5.41, 5.74) is 1.58. The Morgan fingerprint density at radius 1 is 1.18 bits per heavy atom. The van der Waals surface area contributed by atoms with Gasteiger partial charge in [-0.25, -0.2) is 0 Å². The molecule has 0 aliphatic heterocycles. The SMILES string of the molecule is CCC(Oc1ccc(C(C)=O)cc1)c1ccc(O)c(OC)c1. The van der Waals surface area contributed by atoms with Gasteiger partial charge in [0.25, 0.3) is 0 Å². The van der Waals surface area contributed by atoms with Crippen LogP contribution < -0.4 is 9.47 Å². The molecule has 0 heterocycles. The van der Waals surface area contributed by atoms with E-state index in [4.69, 9.17) is 9.47 Å². The number of phenols is 1. The molecule has 1 atom stereocenters. The number of rotatable bonds is 6. The topological polar surface area (TPSA) is 55.8 Å². The molecular weight excluding hydrogens is 280 g/mol. The molecule has 4 heteroatoms. The Hall–Kier alpha value is -2.49. The summed E-state index contributed by atoms with van der Waals surface area (Å²) in [6.45, 7) is 3.56. The summed E-state index contributed by atoms with van der Waals surface area (Å²) >= 11 is 0. The average molecular weight is 300 g/mol. The Morgan fingerprint density at radius 2 is 1.86 bits per heavy atom. The molecule has 22 heavy (non-hydrogen) atoms. The van der Waals surface area contributed by atoms with Gasteiger partial charge in [-0.15, -0.1) is 0 Å². The van der Waals surface area contributed by atoms with Crippen LogP contribution in [0.1, 0.15) is 42.3 Å². The third-order valence-electron chi connectivity index (χ3n) is 3.49. The van der Waals surface area contributed by atoms with Crippen molar-refractivity contribution in [3.8, 4) is 17.2 Å². The maximum atomic E-state index is 11.3. The standard InChI is InChI=1S/C18H20O4/c1-4-17(14-7-10-16(20)18(11-14)21-3)22-15-8-5-13(6-9-15)12(2)19/h5-11,17,20H,4H2,1-3H3. The quantitative estimate of drug-likeness (QED) is 0.815. The van der Waals surface area contributed by atoms with E-state index < -0.39 is 0 Å². The Balaban J connectivity index is 2.20. The lowest BCUT2D eigenvalue weighted by Crippen LogP contribution is -2.07. The smallest absolute Gasteiger partial charge is 0.160 e. The van der Waals surface area contributed by atoms with Crippen LogP contribution in [0, 0.1) is 0 Å². The summed E-state index contributed by atoms with van der Waals surface area (Å²) in [5, 5.41) is 9.66. The molecule has 1 N–H and O–H groups in total. The number of benzene rings is 2. The zero-order valence-corrected chi connectivity index (χ0v) is 13.0. The highest BCUT2D eigenvalue weighted by atomic mass is 16.5.